The van der Waals surface area contributed by atoms with E-state index in [9.17, 15) is 23.7 Å². The van der Waals surface area contributed by atoms with Gasteiger partial charge in [0.05, 0.1) is 11.7 Å². The van der Waals surface area contributed by atoms with Crippen LogP contribution in [-0.4, -0.2) is 48.4 Å². The van der Waals surface area contributed by atoms with Gasteiger partial charge in [0.2, 0.25) is 11.8 Å². The number of hydrogen-bond acceptors (Lipinski definition) is 7. The van der Waals surface area contributed by atoms with Gasteiger partial charge in [0, 0.05) is 17.0 Å². The van der Waals surface area contributed by atoms with Gasteiger partial charge in [-0.3, -0.25) is 23.8 Å². The molecule has 11 heteroatoms. The Kier molecular flexibility index (Phi) is 10.4. The van der Waals surface area contributed by atoms with E-state index in [1.54, 1.807) is 55.5 Å². The van der Waals surface area contributed by atoms with E-state index >= 15 is 0 Å². The summed E-state index contributed by atoms with van der Waals surface area (Å²) in [6.07, 6.45) is 0.625. The third kappa shape index (κ3) is 7.36. The van der Waals surface area contributed by atoms with Crippen LogP contribution in [0.5, 0.6) is 0 Å². The lowest BCUT2D eigenvalue weighted by molar-refractivity contribution is -0.130. The number of aryl methyl sites for hydroxylation is 1. The summed E-state index contributed by atoms with van der Waals surface area (Å²) in [5.41, 5.74) is 3.22. The van der Waals surface area contributed by atoms with E-state index in [0.29, 0.717) is 29.1 Å². The number of nitrogens with one attached hydrogen (secondary N) is 2. The zero-order chi connectivity index (χ0) is 34.4. The van der Waals surface area contributed by atoms with Crippen LogP contribution in [0.4, 0.5) is 10.5 Å². The first-order valence-corrected chi connectivity index (χ1v) is 18.0. The summed E-state index contributed by atoms with van der Waals surface area (Å²) in [4.78, 5) is 55.7. The predicted molar refractivity (Wildman–Crippen MR) is 186 cm³/mol. The Morgan fingerprint density at radius 1 is 0.857 bits per heavy atom. The number of carbonyl (C=O) groups excluding carboxylic acids is 4. The maximum Gasteiger partial charge on any atom is 0.408 e. The van der Waals surface area contributed by atoms with Crippen molar-refractivity contribution in [2.45, 2.75) is 57.3 Å². The lowest BCUT2D eigenvalue weighted by Crippen LogP contribution is -2.56. The fourth-order valence-electron chi connectivity index (χ4n) is 6.36. The van der Waals surface area contributed by atoms with Gasteiger partial charge in [-0.1, -0.05) is 91.9 Å². The van der Waals surface area contributed by atoms with Crippen molar-refractivity contribution in [3.8, 4) is 0 Å². The largest absolute Gasteiger partial charge is 0.445 e. The zero-order valence-corrected chi connectivity index (χ0v) is 28.0. The Morgan fingerprint density at radius 3 is 2.10 bits per heavy atom. The van der Waals surface area contributed by atoms with Crippen LogP contribution in [0.15, 0.2) is 109 Å². The third-order valence-corrected chi connectivity index (χ3v) is 11.4. The fourth-order valence-corrected chi connectivity index (χ4v) is 8.40. The van der Waals surface area contributed by atoms with Gasteiger partial charge in [-0.2, -0.15) is 0 Å². The van der Waals surface area contributed by atoms with Crippen LogP contribution in [0.2, 0.25) is 0 Å². The fraction of sp³-hybridized carbons (Fsp3) is 0.263. The molecule has 0 fully saturated rings. The molecule has 4 aromatic carbocycles. The Labute approximate surface area is 285 Å². The van der Waals surface area contributed by atoms with Gasteiger partial charge in [0.1, 0.15) is 25.3 Å². The van der Waals surface area contributed by atoms with Crippen LogP contribution >= 0.6 is 7.37 Å². The number of alkyl carbamates (subject to hydrolysis) is 1. The molecule has 4 aromatic rings. The minimum atomic E-state index is -3.62. The summed E-state index contributed by atoms with van der Waals surface area (Å²) in [7, 11) is -3.62. The van der Waals surface area contributed by atoms with Gasteiger partial charge in [0.15, 0.2) is 5.78 Å². The molecule has 3 amide bonds. The van der Waals surface area contributed by atoms with Crippen molar-refractivity contribution < 1.29 is 33.0 Å². The van der Waals surface area contributed by atoms with E-state index in [2.05, 4.69) is 10.6 Å². The summed E-state index contributed by atoms with van der Waals surface area (Å²) in [6, 6.07) is 29.6. The maximum atomic E-state index is 14.3. The van der Waals surface area contributed by atoms with Crippen molar-refractivity contribution in [3.05, 3.63) is 126 Å². The van der Waals surface area contributed by atoms with Gasteiger partial charge in [0.25, 0.3) is 7.37 Å². The number of anilines is 1. The average Bonchev–Trinajstić information content (AvgIpc) is 3.48. The molecule has 0 saturated heterocycles. The third-order valence-electron chi connectivity index (χ3n) is 8.91. The second-order valence-corrected chi connectivity index (χ2v) is 14.5. The Balaban J connectivity index is 1.15. The van der Waals surface area contributed by atoms with Crippen molar-refractivity contribution >= 4 is 47.4 Å². The Hall–Kier alpha value is -5.05. The second-order valence-electron chi connectivity index (χ2n) is 12.1. The Morgan fingerprint density at radius 2 is 1.47 bits per heavy atom. The zero-order valence-electron chi connectivity index (χ0n) is 27.1. The number of rotatable bonds is 12. The standard InChI is InChI=1S/C38H38N3O7P/c1-2-31(34(42)25-48-49(46,29-17-8-4-9-18-29)30-19-10-5-11-20-30)39-36(43)33-23-28-16-12-15-27-21-22-32(37(44)41(33)35(27)28)40-38(45)47-24-26-13-6-3-7-14-26/h3-20,31-33H,2,21-25H2,1H3,(H,39,43)(H,40,45)/t31-,32-,33-/m0/s1. The number of amides is 3. The summed E-state index contributed by atoms with van der Waals surface area (Å²) in [6.45, 7) is 1.32. The van der Waals surface area contributed by atoms with E-state index in [1.807, 2.05) is 60.7 Å². The minimum Gasteiger partial charge on any atom is -0.445 e. The van der Waals surface area contributed by atoms with E-state index in [4.69, 9.17) is 9.26 Å². The molecule has 0 aliphatic carbocycles. The number of nitrogens with zero attached hydrogens (tertiary/aromatic N) is 1. The highest BCUT2D eigenvalue weighted by molar-refractivity contribution is 7.74. The minimum absolute atomic E-state index is 0.0506. The van der Waals surface area contributed by atoms with Gasteiger partial charge >= 0.3 is 6.09 Å². The molecule has 0 radical (unpaired) electrons. The monoisotopic (exact) mass is 679 g/mol. The highest BCUT2D eigenvalue weighted by Crippen LogP contribution is 2.44. The lowest BCUT2D eigenvalue weighted by Gasteiger charge is -2.29. The van der Waals surface area contributed by atoms with Crippen molar-refractivity contribution in [3.63, 3.8) is 0 Å². The highest BCUT2D eigenvalue weighted by Gasteiger charge is 2.44. The van der Waals surface area contributed by atoms with Crippen molar-refractivity contribution in [1.82, 2.24) is 10.6 Å². The molecule has 252 valence electrons. The van der Waals surface area contributed by atoms with Gasteiger partial charge in [-0.15, -0.1) is 0 Å². The molecule has 0 bridgehead atoms. The van der Waals surface area contributed by atoms with E-state index in [0.717, 1.165) is 16.7 Å². The molecule has 6 rings (SSSR count). The van der Waals surface area contributed by atoms with Crippen LogP contribution in [0.25, 0.3) is 0 Å². The van der Waals surface area contributed by atoms with Crippen molar-refractivity contribution in [2.24, 2.45) is 0 Å². The first kappa shape index (κ1) is 33.8. The number of para-hydroxylation sites is 1. The number of carbonyl (C=O) groups is 4. The lowest BCUT2D eigenvalue weighted by atomic mass is 10.0. The van der Waals surface area contributed by atoms with E-state index < -0.39 is 55.8 Å². The molecule has 0 saturated carbocycles. The first-order valence-electron chi connectivity index (χ1n) is 16.4. The number of ketones is 1. The SMILES string of the molecule is CC[C@H](NC(=O)[C@@H]1Cc2cccc3c2N1C(=O)[C@@H](NC(=O)OCc1ccccc1)CC3)C(=O)COP(=O)(c1ccccc1)c1ccccc1. The number of benzene rings is 4. The van der Waals surface area contributed by atoms with Crippen molar-refractivity contribution in [1.29, 1.82) is 0 Å². The van der Waals surface area contributed by atoms with Crippen LogP contribution in [-0.2, 0) is 47.7 Å². The quantitative estimate of drug-likeness (QED) is 0.210. The molecule has 49 heavy (non-hydrogen) atoms. The van der Waals surface area contributed by atoms with E-state index in [-0.39, 0.29) is 19.4 Å². The maximum absolute atomic E-state index is 14.3. The van der Waals surface area contributed by atoms with Crippen LogP contribution in [0, 0.1) is 0 Å². The molecular weight excluding hydrogens is 641 g/mol. The van der Waals surface area contributed by atoms with Gasteiger partial charge in [-0.05, 0) is 60.2 Å². The van der Waals surface area contributed by atoms with Crippen LogP contribution in [0.1, 0.15) is 36.5 Å². The first-order chi connectivity index (χ1) is 23.8. The topological polar surface area (TPSA) is 131 Å². The molecule has 0 aromatic heterocycles. The summed E-state index contributed by atoms with van der Waals surface area (Å²) in [5.74, 6) is -1.37. The van der Waals surface area contributed by atoms with E-state index in [1.165, 1.54) is 4.90 Å². The predicted octanol–water partition coefficient (Wildman–Crippen LogP) is 4.60. The van der Waals surface area contributed by atoms with Crippen LogP contribution < -0.4 is 26.1 Å². The normalized spacial score (nSPS) is 17.4. The smallest absolute Gasteiger partial charge is 0.408 e. The molecule has 2 aliphatic rings. The molecule has 0 unspecified atom stereocenters. The molecular formula is C38H38N3O7P. The number of Topliss-reactive ketones (excluding diaryl/α,β-unsaturated/α-hetero) is 1. The molecule has 2 heterocycles. The molecule has 0 spiro atoms. The molecule has 10 nitrogen and oxygen atoms in total. The number of ether oxygens (including phenoxy) is 1. The average molecular weight is 680 g/mol. The molecule has 3 atom stereocenters. The van der Waals surface area contributed by atoms with Gasteiger partial charge < -0.3 is 19.9 Å². The molecule has 2 aliphatic heterocycles. The summed E-state index contributed by atoms with van der Waals surface area (Å²) in [5, 5.41) is 6.46. The van der Waals surface area contributed by atoms with Crippen molar-refractivity contribution in [2.75, 3.05) is 11.5 Å². The van der Waals surface area contributed by atoms with Gasteiger partial charge in [-0.25, -0.2) is 4.79 Å². The summed E-state index contributed by atoms with van der Waals surface area (Å²) < 4.78 is 25.6. The summed E-state index contributed by atoms with van der Waals surface area (Å²) >= 11 is 0. The Bertz CT molecular complexity index is 1830. The molecule has 2 N–H and O–H groups in total. The second kappa shape index (κ2) is 15.0. The highest BCUT2D eigenvalue weighted by atomic mass is 31.2. The number of hydrogen-bond donors (Lipinski definition) is 2. The van der Waals surface area contributed by atoms with Crippen LogP contribution in [0.3, 0.4) is 0 Å².